The molecule has 202 valence electrons. The summed E-state index contributed by atoms with van der Waals surface area (Å²) in [6.07, 6.45) is 15.4. The van der Waals surface area contributed by atoms with Crippen molar-refractivity contribution in [2.45, 2.75) is 88.6 Å². The van der Waals surface area contributed by atoms with Crippen molar-refractivity contribution in [1.82, 2.24) is 24.8 Å². The molecule has 1 amide bonds. The molecule has 0 radical (unpaired) electrons. The van der Waals surface area contributed by atoms with Gasteiger partial charge in [-0.25, -0.2) is 4.98 Å². The highest BCUT2D eigenvalue weighted by molar-refractivity contribution is 9.10. The molecule has 3 heterocycles. The van der Waals surface area contributed by atoms with Crippen LogP contribution < -0.4 is 15.5 Å². The fourth-order valence-corrected chi connectivity index (χ4v) is 7.09. The molecule has 1 aliphatic heterocycles. The molecule has 10 heteroatoms. The Labute approximate surface area is 228 Å². The Balaban J connectivity index is 1.29. The number of anilines is 2. The molecule has 3 N–H and O–H groups in total. The number of aromatic nitrogens is 3. The Morgan fingerprint density at radius 1 is 1.19 bits per heavy atom. The minimum Gasteiger partial charge on any atom is -0.367 e. The van der Waals surface area contributed by atoms with Crippen LogP contribution in [0.25, 0.3) is 5.65 Å². The summed E-state index contributed by atoms with van der Waals surface area (Å²) in [5.74, 6) is 3.29. The third kappa shape index (κ3) is 5.45. The summed E-state index contributed by atoms with van der Waals surface area (Å²) in [6.45, 7) is 0. The first-order valence-corrected chi connectivity index (χ1v) is 14.7. The Morgan fingerprint density at radius 3 is 2.65 bits per heavy atom. The molecule has 0 aromatic carbocycles. The van der Waals surface area contributed by atoms with E-state index in [-0.39, 0.29) is 11.9 Å². The maximum absolute atomic E-state index is 13.5. The second kappa shape index (κ2) is 10.8. The van der Waals surface area contributed by atoms with Gasteiger partial charge in [0.2, 0.25) is 0 Å². The molecule has 37 heavy (non-hydrogen) atoms. The molecule has 2 saturated carbocycles. The van der Waals surface area contributed by atoms with E-state index < -0.39 is 5.54 Å². The van der Waals surface area contributed by atoms with Crippen LogP contribution in [0, 0.1) is 17.2 Å². The van der Waals surface area contributed by atoms with E-state index in [9.17, 15) is 4.79 Å². The summed E-state index contributed by atoms with van der Waals surface area (Å²) in [6, 6.07) is 2.36. The number of hydrogen-bond donors (Lipinski definition) is 3. The van der Waals surface area contributed by atoms with Crippen molar-refractivity contribution in [1.29, 1.82) is 5.41 Å². The van der Waals surface area contributed by atoms with Gasteiger partial charge in [-0.05, 0) is 59.9 Å². The lowest BCUT2D eigenvalue weighted by atomic mass is 9.74. The molecule has 2 aliphatic carbocycles. The number of guanidine groups is 1. The van der Waals surface area contributed by atoms with Crippen molar-refractivity contribution in [2.75, 3.05) is 31.4 Å². The summed E-state index contributed by atoms with van der Waals surface area (Å²) in [4.78, 5) is 21.9. The molecular weight excluding hydrogens is 532 g/mol. The van der Waals surface area contributed by atoms with Gasteiger partial charge in [-0.2, -0.15) is 9.61 Å². The zero-order chi connectivity index (χ0) is 26.2. The minimum atomic E-state index is -0.631. The highest BCUT2D eigenvalue weighted by atomic mass is 79.9. The van der Waals surface area contributed by atoms with Crippen LogP contribution in [0.1, 0.15) is 77.0 Å². The van der Waals surface area contributed by atoms with Crippen LogP contribution in [0.4, 0.5) is 11.6 Å². The van der Waals surface area contributed by atoms with Crippen LogP contribution in [0.2, 0.25) is 0 Å². The second-order valence-electron chi connectivity index (χ2n) is 11.7. The molecule has 0 bridgehead atoms. The predicted octanol–water partition coefficient (Wildman–Crippen LogP) is 5.01. The van der Waals surface area contributed by atoms with Gasteiger partial charge in [0.25, 0.3) is 5.91 Å². The largest absolute Gasteiger partial charge is 0.367 e. The lowest BCUT2D eigenvalue weighted by Gasteiger charge is -2.37. The molecule has 0 unspecified atom stereocenters. The SMILES string of the molecule is CN1C(=N)N[C@](CCC2CCCCC2)(C[C@H]2CCC[C@@H](Nc3cc(N(C)C)n4ncc(Br)c4n3)C2)C1=O. The molecule has 2 aromatic rings. The van der Waals surface area contributed by atoms with Gasteiger partial charge in [0.1, 0.15) is 17.2 Å². The monoisotopic (exact) mass is 572 g/mol. The number of amides is 1. The number of carbonyl (C=O) groups excluding carboxylic acids is 1. The van der Waals surface area contributed by atoms with E-state index in [1.54, 1.807) is 13.2 Å². The fourth-order valence-electron chi connectivity index (χ4n) is 6.74. The van der Waals surface area contributed by atoms with E-state index in [4.69, 9.17) is 10.4 Å². The Bertz CT molecular complexity index is 1140. The molecule has 1 saturated heterocycles. The smallest absolute Gasteiger partial charge is 0.254 e. The van der Waals surface area contributed by atoms with Gasteiger partial charge in [0.15, 0.2) is 11.6 Å². The summed E-state index contributed by atoms with van der Waals surface area (Å²) in [7, 11) is 5.76. The second-order valence-corrected chi connectivity index (χ2v) is 12.5. The summed E-state index contributed by atoms with van der Waals surface area (Å²) in [5.41, 5.74) is 0.165. The Hall–Kier alpha value is -2.36. The molecule has 3 atom stereocenters. The average Bonchev–Trinajstić information content (AvgIpc) is 3.35. The molecular formula is C27H41BrN8O. The quantitative estimate of drug-likeness (QED) is 0.410. The number of likely N-dealkylation sites (N-methyl/N-ethyl adjacent to an activating group) is 1. The molecule has 3 aliphatic rings. The maximum Gasteiger partial charge on any atom is 0.254 e. The van der Waals surface area contributed by atoms with Crippen molar-refractivity contribution in [2.24, 2.45) is 11.8 Å². The van der Waals surface area contributed by atoms with Crippen molar-refractivity contribution >= 4 is 45.1 Å². The average molecular weight is 574 g/mol. The maximum atomic E-state index is 13.5. The normalized spacial score (nSPS) is 27.1. The fraction of sp³-hybridized carbons (Fsp3) is 0.704. The zero-order valence-electron chi connectivity index (χ0n) is 22.4. The number of fused-ring (bicyclic) bond motifs is 1. The van der Waals surface area contributed by atoms with E-state index in [0.29, 0.717) is 12.0 Å². The van der Waals surface area contributed by atoms with Crippen LogP contribution in [0.15, 0.2) is 16.7 Å². The van der Waals surface area contributed by atoms with E-state index >= 15 is 0 Å². The lowest BCUT2D eigenvalue weighted by molar-refractivity contribution is -0.131. The summed E-state index contributed by atoms with van der Waals surface area (Å²) >= 11 is 3.58. The Kier molecular flexibility index (Phi) is 7.65. The van der Waals surface area contributed by atoms with Gasteiger partial charge < -0.3 is 15.5 Å². The van der Waals surface area contributed by atoms with Crippen LogP contribution in [0.3, 0.4) is 0 Å². The zero-order valence-corrected chi connectivity index (χ0v) is 24.0. The van der Waals surface area contributed by atoms with Gasteiger partial charge >= 0.3 is 0 Å². The van der Waals surface area contributed by atoms with E-state index in [2.05, 4.69) is 37.7 Å². The molecule has 3 fully saturated rings. The first-order chi connectivity index (χ1) is 17.8. The highest BCUT2D eigenvalue weighted by Crippen LogP contribution is 2.39. The standard InChI is InChI=1S/C27H41BrN8O/c1-34(2)23-15-22(32-24-21(28)17-30-36(23)24)31-20-11-7-10-19(14-20)16-27(25(37)35(3)26(29)33-27)13-12-18-8-5-4-6-9-18/h15,17-20H,4-14,16H2,1-3H3,(H2,29,33)(H,31,32)/t19-,20+,27+/m0/s1. The first kappa shape index (κ1) is 26.3. The van der Waals surface area contributed by atoms with Crippen molar-refractivity contribution < 1.29 is 4.79 Å². The molecule has 2 aromatic heterocycles. The van der Waals surface area contributed by atoms with Crippen molar-refractivity contribution in [3.63, 3.8) is 0 Å². The summed E-state index contributed by atoms with van der Waals surface area (Å²) < 4.78 is 2.72. The third-order valence-electron chi connectivity index (χ3n) is 8.75. The van der Waals surface area contributed by atoms with Gasteiger partial charge in [-0.15, -0.1) is 0 Å². The topological polar surface area (TPSA) is 102 Å². The number of rotatable bonds is 8. The third-order valence-corrected chi connectivity index (χ3v) is 9.31. The molecule has 9 nitrogen and oxygen atoms in total. The van der Waals surface area contributed by atoms with Crippen LogP contribution in [-0.2, 0) is 4.79 Å². The number of carbonyl (C=O) groups is 1. The van der Waals surface area contributed by atoms with E-state index in [0.717, 1.165) is 72.6 Å². The first-order valence-electron chi connectivity index (χ1n) is 13.9. The lowest BCUT2D eigenvalue weighted by Crippen LogP contribution is -2.49. The molecule has 5 rings (SSSR count). The minimum absolute atomic E-state index is 0.0803. The van der Waals surface area contributed by atoms with E-state index in [1.807, 2.05) is 23.5 Å². The van der Waals surface area contributed by atoms with Gasteiger partial charge in [0.05, 0.1) is 10.7 Å². The summed E-state index contributed by atoms with van der Waals surface area (Å²) in [5, 5.41) is 19.9. The predicted molar refractivity (Wildman–Crippen MR) is 151 cm³/mol. The number of halogens is 1. The number of nitrogens with one attached hydrogen (secondary N) is 3. The van der Waals surface area contributed by atoms with Crippen LogP contribution in [0.5, 0.6) is 0 Å². The number of hydrogen-bond acceptors (Lipinski definition) is 6. The van der Waals surface area contributed by atoms with Crippen molar-refractivity contribution in [3.05, 3.63) is 16.7 Å². The Morgan fingerprint density at radius 2 is 1.95 bits per heavy atom. The van der Waals surface area contributed by atoms with Crippen molar-refractivity contribution in [3.8, 4) is 0 Å². The highest BCUT2D eigenvalue weighted by Gasteiger charge is 2.49. The number of nitrogens with zero attached hydrogens (tertiary/aromatic N) is 5. The van der Waals surface area contributed by atoms with E-state index in [1.165, 1.54) is 37.0 Å². The van der Waals surface area contributed by atoms with Crippen LogP contribution >= 0.6 is 15.9 Å². The van der Waals surface area contributed by atoms with Gasteiger partial charge in [0, 0.05) is 33.3 Å². The van der Waals surface area contributed by atoms with Crippen LogP contribution in [-0.4, -0.2) is 64.1 Å². The van der Waals surface area contributed by atoms with Gasteiger partial charge in [-0.3, -0.25) is 15.1 Å². The van der Waals surface area contributed by atoms with Gasteiger partial charge in [-0.1, -0.05) is 44.9 Å². The molecule has 0 spiro atoms.